The van der Waals surface area contributed by atoms with Gasteiger partial charge in [-0.25, -0.2) is 0 Å². The lowest BCUT2D eigenvalue weighted by Gasteiger charge is -2.22. The molecule has 7 nitrogen and oxygen atoms in total. The van der Waals surface area contributed by atoms with Crippen molar-refractivity contribution in [1.29, 1.82) is 0 Å². The zero-order valence-corrected chi connectivity index (χ0v) is 23.7. The molecule has 0 amide bonds. The van der Waals surface area contributed by atoms with Gasteiger partial charge in [-0.1, -0.05) is 59.4 Å². The average Bonchev–Trinajstić information content (AvgIpc) is 2.91. The highest BCUT2D eigenvalue weighted by atomic mass is 16.5. The second-order valence-electron chi connectivity index (χ2n) is 9.65. The molecule has 0 radical (unpaired) electrons. The van der Waals surface area contributed by atoms with Crippen molar-refractivity contribution in [2.24, 2.45) is 0 Å². The minimum atomic E-state index is -1.20. The number of unbranched alkanes of at least 4 members (excludes halogenated alkanes) is 4. The van der Waals surface area contributed by atoms with Gasteiger partial charge in [0, 0.05) is 24.1 Å². The minimum Gasteiger partial charge on any atom is -0.507 e. The van der Waals surface area contributed by atoms with E-state index in [1.54, 1.807) is 30.3 Å². The Labute approximate surface area is 228 Å². The molecule has 0 heterocycles. The maximum Gasteiger partial charge on any atom is 0.161 e. The van der Waals surface area contributed by atoms with Crippen molar-refractivity contribution in [2.75, 3.05) is 26.4 Å². The number of aliphatic hydroxyl groups excluding tert-OH is 2. The van der Waals surface area contributed by atoms with Crippen molar-refractivity contribution < 1.29 is 34.3 Å². The summed E-state index contributed by atoms with van der Waals surface area (Å²) in [4.78, 5) is 0. The van der Waals surface area contributed by atoms with Crippen molar-refractivity contribution in [2.45, 2.75) is 97.7 Å². The Bertz CT molecular complexity index is 931. The minimum absolute atomic E-state index is 0.00444. The standard InChI is InChI=1S/C31H48O7/c1-5-9-15-35-24-20-26(32)25(29(21-24)37-17-11-7-3)22-27(33)31(34)23-13-14-28(36-16-10-6-2)30(19-23)38-18-12-8-4/h13-14,19-21,27,31-34H,5-12,15-18,22H2,1-4H3. The molecule has 2 aromatic carbocycles. The van der Waals surface area contributed by atoms with Gasteiger partial charge < -0.3 is 34.3 Å². The fourth-order valence-electron chi connectivity index (χ4n) is 3.82. The van der Waals surface area contributed by atoms with Crippen LogP contribution in [0.25, 0.3) is 0 Å². The van der Waals surface area contributed by atoms with Crippen LogP contribution in [0.3, 0.4) is 0 Å². The molecule has 0 aromatic heterocycles. The van der Waals surface area contributed by atoms with Gasteiger partial charge in [-0.05, 0) is 43.4 Å². The summed E-state index contributed by atoms with van der Waals surface area (Å²) in [7, 11) is 0. The number of phenols is 1. The van der Waals surface area contributed by atoms with Gasteiger partial charge >= 0.3 is 0 Å². The van der Waals surface area contributed by atoms with Crippen LogP contribution in [0.15, 0.2) is 30.3 Å². The second-order valence-corrected chi connectivity index (χ2v) is 9.65. The average molecular weight is 533 g/mol. The molecule has 2 rings (SSSR count). The van der Waals surface area contributed by atoms with E-state index in [-0.39, 0.29) is 12.2 Å². The molecule has 214 valence electrons. The lowest BCUT2D eigenvalue weighted by Crippen LogP contribution is -2.21. The Morgan fingerprint density at radius 1 is 0.632 bits per heavy atom. The van der Waals surface area contributed by atoms with Crippen LogP contribution in [0.4, 0.5) is 0 Å². The number of rotatable bonds is 20. The van der Waals surface area contributed by atoms with E-state index in [2.05, 4.69) is 27.7 Å². The van der Waals surface area contributed by atoms with Crippen LogP contribution in [0.2, 0.25) is 0 Å². The molecule has 0 bridgehead atoms. The zero-order valence-electron chi connectivity index (χ0n) is 23.7. The Balaban J connectivity index is 2.23. The van der Waals surface area contributed by atoms with E-state index in [0.717, 1.165) is 51.4 Å². The van der Waals surface area contributed by atoms with Crippen LogP contribution in [0, 0.1) is 0 Å². The van der Waals surface area contributed by atoms with E-state index in [9.17, 15) is 15.3 Å². The summed E-state index contributed by atoms with van der Waals surface area (Å²) in [6.07, 6.45) is 5.24. The summed E-state index contributed by atoms with van der Waals surface area (Å²) in [6, 6.07) is 8.54. The molecule has 2 unspecified atom stereocenters. The Kier molecular flexibility index (Phi) is 14.8. The summed E-state index contributed by atoms with van der Waals surface area (Å²) in [5, 5.41) is 32.9. The van der Waals surface area contributed by atoms with Gasteiger partial charge in [0.1, 0.15) is 23.4 Å². The summed E-state index contributed by atoms with van der Waals surface area (Å²) in [5.74, 6) is 2.13. The van der Waals surface area contributed by atoms with Crippen molar-refractivity contribution in [3.05, 3.63) is 41.5 Å². The molecule has 0 aliphatic heterocycles. The maximum atomic E-state index is 11.1. The molecule has 0 aliphatic rings. The van der Waals surface area contributed by atoms with Gasteiger partial charge in [0.2, 0.25) is 0 Å². The highest BCUT2D eigenvalue weighted by Gasteiger charge is 2.24. The molecule has 0 aliphatic carbocycles. The van der Waals surface area contributed by atoms with Crippen LogP contribution in [0.1, 0.15) is 96.3 Å². The number of ether oxygens (including phenoxy) is 4. The molecular formula is C31H48O7. The van der Waals surface area contributed by atoms with Gasteiger partial charge in [-0.3, -0.25) is 0 Å². The predicted octanol–water partition coefficient (Wildman–Crippen LogP) is 6.74. The smallest absolute Gasteiger partial charge is 0.161 e. The largest absolute Gasteiger partial charge is 0.507 e. The summed E-state index contributed by atoms with van der Waals surface area (Å²) in [6.45, 7) is 10.5. The number of benzene rings is 2. The van der Waals surface area contributed by atoms with E-state index in [4.69, 9.17) is 18.9 Å². The van der Waals surface area contributed by atoms with Gasteiger partial charge in [-0.2, -0.15) is 0 Å². The molecule has 2 atom stereocenters. The molecule has 2 aromatic rings. The molecular weight excluding hydrogens is 484 g/mol. The Morgan fingerprint density at radius 2 is 1.16 bits per heavy atom. The van der Waals surface area contributed by atoms with E-state index in [0.29, 0.717) is 60.6 Å². The SMILES string of the molecule is CCCCOc1cc(O)c(CC(O)C(O)c2ccc(OCCCC)c(OCCCC)c2)c(OCCCC)c1. The topological polar surface area (TPSA) is 97.6 Å². The summed E-state index contributed by atoms with van der Waals surface area (Å²) in [5.41, 5.74) is 0.953. The van der Waals surface area contributed by atoms with Crippen LogP contribution in [0.5, 0.6) is 28.7 Å². The molecule has 0 fully saturated rings. The van der Waals surface area contributed by atoms with E-state index < -0.39 is 12.2 Å². The monoisotopic (exact) mass is 532 g/mol. The van der Waals surface area contributed by atoms with E-state index in [1.807, 2.05) is 0 Å². The lowest BCUT2D eigenvalue weighted by molar-refractivity contribution is 0.0181. The van der Waals surface area contributed by atoms with E-state index >= 15 is 0 Å². The van der Waals surface area contributed by atoms with Crippen LogP contribution >= 0.6 is 0 Å². The molecule has 3 N–H and O–H groups in total. The molecule has 0 saturated carbocycles. The normalized spacial score (nSPS) is 12.7. The lowest BCUT2D eigenvalue weighted by atomic mass is 9.97. The molecule has 38 heavy (non-hydrogen) atoms. The van der Waals surface area contributed by atoms with Gasteiger partial charge in [0.15, 0.2) is 11.5 Å². The first-order valence-corrected chi connectivity index (χ1v) is 14.3. The molecule has 0 saturated heterocycles. The van der Waals surface area contributed by atoms with Crippen molar-refractivity contribution in [3.8, 4) is 28.7 Å². The third kappa shape index (κ3) is 10.3. The number of hydrogen-bond donors (Lipinski definition) is 3. The van der Waals surface area contributed by atoms with Crippen molar-refractivity contribution in [1.82, 2.24) is 0 Å². The first kappa shape index (κ1) is 31.6. The van der Waals surface area contributed by atoms with Gasteiger partial charge in [0.05, 0.1) is 32.5 Å². The fraction of sp³-hybridized carbons (Fsp3) is 0.613. The zero-order chi connectivity index (χ0) is 27.8. The van der Waals surface area contributed by atoms with Crippen LogP contribution in [-0.4, -0.2) is 47.9 Å². The number of hydrogen-bond acceptors (Lipinski definition) is 7. The third-order valence-corrected chi connectivity index (χ3v) is 6.28. The van der Waals surface area contributed by atoms with Crippen LogP contribution in [-0.2, 0) is 6.42 Å². The quantitative estimate of drug-likeness (QED) is 0.162. The van der Waals surface area contributed by atoms with Crippen LogP contribution < -0.4 is 18.9 Å². The van der Waals surface area contributed by atoms with Gasteiger partial charge in [-0.15, -0.1) is 0 Å². The Hall–Kier alpha value is -2.64. The Morgan fingerprint density at radius 3 is 1.74 bits per heavy atom. The highest BCUT2D eigenvalue weighted by Crippen LogP contribution is 2.37. The first-order valence-electron chi connectivity index (χ1n) is 14.3. The number of aliphatic hydroxyl groups is 2. The number of phenolic OH excluding ortho intramolecular Hbond substituents is 1. The van der Waals surface area contributed by atoms with Gasteiger partial charge in [0.25, 0.3) is 0 Å². The molecule has 7 heteroatoms. The van der Waals surface area contributed by atoms with Crippen molar-refractivity contribution in [3.63, 3.8) is 0 Å². The second kappa shape index (κ2) is 17.8. The highest BCUT2D eigenvalue weighted by molar-refractivity contribution is 5.51. The third-order valence-electron chi connectivity index (χ3n) is 6.28. The number of aromatic hydroxyl groups is 1. The predicted molar refractivity (Wildman–Crippen MR) is 151 cm³/mol. The van der Waals surface area contributed by atoms with E-state index in [1.165, 1.54) is 0 Å². The maximum absolute atomic E-state index is 11.1. The summed E-state index contributed by atoms with van der Waals surface area (Å²) < 4.78 is 23.6. The fourth-order valence-corrected chi connectivity index (χ4v) is 3.82. The first-order chi connectivity index (χ1) is 18.4. The van der Waals surface area contributed by atoms with Crippen molar-refractivity contribution >= 4 is 0 Å². The summed E-state index contributed by atoms with van der Waals surface area (Å²) >= 11 is 0. The molecule has 0 spiro atoms.